The van der Waals surface area contributed by atoms with Gasteiger partial charge in [-0.15, -0.1) is 0 Å². The van der Waals surface area contributed by atoms with E-state index in [1.54, 1.807) is 0 Å². The van der Waals surface area contributed by atoms with Gasteiger partial charge in [-0.3, -0.25) is 9.59 Å². The van der Waals surface area contributed by atoms with Gasteiger partial charge in [0.25, 0.3) is 5.91 Å². The van der Waals surface area contributed by atoms with Crippen LogP contribution in [0.5, 0.6) is 0 Å². The van der Waals surface area contributed by atoms with Crippen molar-refractivity contribution in [1.82, 2.24) is 15.5 Å². The Morgan fingerprint density at radius 2 is 1.83 bits per heavy atom. The fraction of sp³-hybridized carbons (Fsp3) is 0.586. The molecule has 2 aromatic carbocycles. The molecule has 2 fully saturated rings. The summed E-state index contributed by atoms with van der Waals surface area (Å²) in [6.45, 7) is 7.35. The van der Waals surface area contributed by atoms with Crippen molar-refractivity contribution in [2.45, 2.75) is 64.5 Å². The van der Waals surface area contributed by atoms with Crippen molar-refractivity contribution in [1.29, 1.82) is 0 Å². The number of benzene rings is 2. The summed E-state index contributed by atoms with van der Waals surface area (Å²) in [5.41, 5.74) is 6.44. The fourth-order valence-corrected chi connectivity index (χ4v) is 5.97. The second-order valence-corrected chi connectivity index (χ2v) is 10.7. The van der Waals surface area contributed by atoms with E-state index in [1.165, 1.54) is 19.3 Å². The Morgan fingerprint density at radius 3 is 2.57 bits per heavy atom. The molecule has 1 aliphatic heterocycles. The van der Waals surface area contributed by atoms with Crippen molar-refractivity contribution in [2.75, 3.05) is 26.2 Å². The Labute approximate surface area is 210 Å². The van der Waals surface area contributed by atoms with E-state index in [2.05, 4.69) is 29.4 Å². The molecule has 2 aromatic rings. The first-order valence-corrected chi connectivity index (χ1v) is 13.5. The maximum atomic E-state index is 13.5. The van der Waals surface area contributed by atoms with Gasteiger partial charge in [0.05, 0.1) is 6.04 Å². The Kier molecular flexibility index (Phi) is 8.79. The number of hydrogen-bond donors (Lipinski definition) is 3. The summed E-state index contributed by atoms with van der Waals surface area (Å²) >= 11 is 0. The van der Waals surface area contributed by atoms with Crippen LogP contribution in [-0.4, -0.2) is 55.0 Å². The van der Waals surface area contributed by atoms with E-state index in [-0.39, 0.29) is 23.9 Å². The van der Waals surface area contributed by atoms with Crippen molar-refractivity contribution < 1.29 is 9.59 Å². The lowest BCUT2D eigenvalue weighted by Crippen LogP contribution is -2.50. The van der Waals surface area contributed by atoms with Crippen molar-refractivity contribution >= 4 is 22.6 Å². The number of hydrogen-bond acceptors (Lipinski definition) is 4. The number of carbonyl (C=O) groups excluding carboxylic acids is 2. The number of nitrogens with two attached hydrogens (primary N) is 1. The lowest BCUT2D eigenvalue weighted by atomic mass is 9.73. The Morgan fingerprint density at radius 1 is 1.09 bits per heavy atom. The van der Waals surface area contributed by atoms with Gasteiger partial charge in [0.1, 0.15) is 0 Å². The average molecular weight is 479 g/mol. The van der Waals surface area contributed by atoms with Crippen LogP contribution >= 0.6 is 0 Å². The van der Waals surface area contributed by atoms with Crippen LogP contribution < -0.4 is 16.4 Å². The van der Waals surface area contributed by atoms with Crippen LogP contribution in [0.25, 0.3) is 10.8 Å². The zero-order valence-electron chi connectivity index (χ0n) is 21.3. The molecule has 6 nitrogen and oxygen atoms in total. The first-order valence-electron chi connectivity index (χ1n) is 13.5. The third kappa shape index (κ3) is 6.42. The van der Waals surface area contributed by atoms with E-state index in [0.717, 1.165) is 43.1 Å². The molecule has 0 aromatic heterocycles. The molecule has 1 saturated carbocycles. The number of nitrogens with one attached hydrogen (secondary N) is 2. The quantitative estimate of drug-likeness (QED) is 0.536. The van der Waals surface area contributed by atoms with E-state index in [0.29, 0.717) is 36.4 Å². The highest BCUT2D eigenvalue weighted by molar-refractivity contribution is 5.98. The molecule has 0 bridgehead atoms. The van der Waals surface area contributed by atoms with Crippen molar-refractivity contribution in [3.63, 3.8) is 0 Å². The maximum absolute atomic E-state index is 13.5. The summed E-state index contributed by atoms with van der Waals surface area (Å²) in [6, 6.07) is 13.7. The minimum atomic E-state index is -0.238. The van der Waals surface area contributed by atoms with Gasteiger partial charge in [0, 0.05) is 31.2 Å². The number of nitrogens with zero attached hydrogens (tertiary/aromatic N) is 1. The van der Waals surface area contributed by atoms with Crippen molar-refractivity contribution in [3.8, 4) is 0 Å². The molecule has 2 unspecified atom stereocenters. The molecule has 1 heterocycles. The largest absolute Gasteiger partial charge is 0.350 e. The van der Waals surface area contributed by atoms with Crippen LogP contribution in [-0.2, 0) is 4.79 Å². The van der Waals surface area contributed by atoms with Crippen LogP contribution in [0.1, 0.15) is 62.7 Å². The SMILES string of the molecule is CC1CCCC(C)C1CN1CC[C@H](CNC(=O)c2ccc3ccccc3c2)N[C@H](CCCN)C1=O. The molecule has 0 radical (unpaired) electrons. The van der Waals surface area contributed by atoms with Gasteiger partial charge in [-0.1, -0.05) is 63.4 Å². The molecule has 4 rings (SSSR count). The summed E-state index contributed by atoms with van der Waals surface area (Å²) in [5, 5.41) is 8.85. The fourth-order valence-electron chi connectivity index (χ4n) is 5.97. The van der Waals surface area contributed by atoms with Gasteiger partial charge in [-0.25, -0.2) is 0 Å². The normalized spacial score (nSPS) is 27.6. The second-order valence-electron chi connectivity index (χ2n) is 10.7. The molecular weight excluding hydrogens is 436 g/mol. The predicted molar refractivity (Wildman–Crippen MR) is 142 cm³/mol. The first-order chi connectivity index (χ1) is 17.0. The maximum Gasteiger partial charge on any atom is 0.251 e. The molecule has 4 atom stereocenters. The van der Waals surface area contributed by atoms with E-state index in [4.69, 9.17) is 5.73 Å². The minimum absolute atomic E-state index is 0.0531. The second kappa shape index (κ2) is 12.0. The van der Waals surface area contributed by atoms with Crippen LogP contribution in [0.15, 0.2) is 42.5 Å². The van der Waals surface area contributed by atoms with Gasteiger partial charge in [-0.05, 0) is 66.5 Å². The summed E-state index contributed by atoms with van der Waals surface area (Å²) < 4.78 is 0. The molecule has 190 valence electrons. The van der Waals surface area contributed by atoms with Crippen molar-refractivity contribution in [2.24, 2.45) is 23.5 Å². The van der Waals surface area contributed by atoms with Crippen LogP contribution in [0.4, 0.5) is 0 Å². The van der Waals surface area contributed by atoms with Gasteiger partial charge in [0.2, 0.25) is 5.91 Å². The van der Waals surface area contributed by atoms with Gasteiger partial charge >= 0.3 is 0 Å². The van der Waals surface area contributed by atoms with E-state index in [1.807, 2.05) is 42.5 Å². The van der Waals surface area contributed by atoms with E-state index < -0.39 is 0 Å². The first kappa shape index (κ1) is 25.6. The molecule has 6 heteroatoms. The summed E-state index contributed by atoms with van der Waals surface area (Å²) in [7, 11) is 0. The zero-order valence-corrected chi connectivity index (χ0v) is 21.3. The molecular formula is C29H42N4O2. The molecule has 0 spiro atoms. The molecule has 1 aliphatic carbocycles. The number of carbonyl (C=O) groups is 2. The van der Waals surface area contributed by atoms with E-state index >= 15 is 0 Å². The molecule has 4 N–H and O–H groups in total. The van der Waals surface area contributed by atoms with Crippen LogP contribution in [0, 0.1) is 17.8 Å². The lowest BCUT2D eigenvalue weighted by Gasteiger charge is -2.38. The van der Waals surface area contributed by atoms with Gasteiger partial charge in [-0.2, -0.15) is 0 Å². The summed E-state index contributed by atoms with van der Waals surface area (Å²) in [5.74, 6) is 2.00. The van der Waals surface area contributed by atoms with E-state index in [9.17, 15) is 9.59 Å². The van der Waals surface area contributed by atoms with Crippen molar-refractivity contribution in [3.05, 3.63) is 48.0 Å². The third-order valence-electron chi connectivity index (χ3n) is 8.22. The highest BCUT2D eigenvalue weighted by atomic mass is 16.2. The Hall–Kier alpha value is -2.44. The number of rotatable bonds is 8. The monoisotopic (exact) mass is 478 g/mol. The molecule has 1 saturated heterocycles. The summed E-state index contributed by atoms with van der Waals surface area (Å²) in [4.78, 5) is 28.5. The number of fused-ring (bicyclic) bond motifs is 1. The topological polar surface area (TPSA) is 87.5 Å². The summed E-state index contributed by atoms with van der Waals surface area (Å²) in [6.07, 6.45) is 6.19. The van der Waals surface area contributed by atoms with Gasteiger partial charge < -0.3 is 21.3 Å². The molecule has 2 amide bonds. The zero-order chi connectivity index (χ0) is 24.8. The van der Waals surface area contributed by atoms with Gasteiger partial charge in [0.15, 0.2) is 0 Å². The molecule has 35 heavy (non-hydrogen) atoms. The standard InChI is InChI=1S/C29H42N4O2/c1-20-7-5-8-21(2)26(20)19-33-16-14-25(32-27(29(33)35)11-6-15-30)18-31-28(34)24-13-12-22-9-3-4-10-23(22)17-24/h3-4,9-10,12-13,17,20-21,25-27,32H,5-8,11,14-16,18-19,30H2,1-2H3,(H,31,34)/t20?,21?,25-,26?,27-/m1/s1. The van der Waals surface area contributed by atoms with Crippen LogP contribution in [0.2, 0.25) is 0 Å². The molecule has 2 aliphatic rings. The number of amides is 2. The average Bonchev–Trinajstić information content (AvgIpc) is 3.01. The predicted octanol–water partition coefficient (Wildman–Crippen LogP) is 3.94. The third-order valence-corrected chi connectivity index (χ3v) is 8.22. The Balaban J connectivity index is 1.40. The highest BCUT2D eigenvalue weighted by Crippen LogP contribution is 2.35. The lowest BCUT2D eigenvalue weighted by molar-refractivity contribution is -0.134. The smallest absolute Gasteiger partial charge is 0.251 e. The minimum Gasteiger partial charge on any atom is -0.350 e. The Bertz CT molecular complexity index is 999. The highest BCUT2D eigenvalue weighted by Gasteiger charge is 2.35. The van der Waals surface area contributed by atoms with Crippen LogP contribution in [0.3, 0.4) is 0 Å².